The molecule has 0 radical (unpaired) electrons. The summed E-state index contributed by atoms with van der Waals surface area (Å²) in [6.07, 6.45) is 10.0. The maximum absolute atomic E-state index is 8.81. The van der Waals surface area contributed by atoms with Crippen molar-refractivity contribution in [2.24, 2.45) is 5.16 Å². The third kappa shape index (κ3) is 2.27. The second-order valence-electron chi connectivity index (χ2n) is 4.54. The molecule has 14 heavy (non-hydrogen) atoms. The minimum absolute atomic E-state index is 0.364. The molecule has 2 rings (SSSR count). The van der Waals surface area contributed by atoms with Crippen LogP contribution in [0.25, 0.3) is 0 Å². The van der Waals surface area contributed by atoms with Crippen molar-refractivity contribution in [3.8, 4) is 0 Å². The van der Waals surface area contributed by atoms with E-state index >= 15 is 0 Å². The average molecular weight is 196 g/mol. The van der Waals surface area contributed by atoms with E-state index in [1.807, 2.05) is 0 Å². The van der Waals surface area contributed by atoms with Crippen molar-refractivity contribution in [2.75, 3.05) is 0 Å². The molecule has 3 heteroatoms. The summed E-state index contributed by atoms with van der Waals surface area (Å²) < 4.78 is 0. The van der Waals surface area contributed by atoms with Gasteiger partial charge in [0.25, 0.3) is 0 Å². The largest absolute Gasteiger partial charge is 0.411 e. The van der Waals surface area contributed by atoms with Gasteiger partial charge in [0.2, 0.25) is 0 Å². The Balaban J connectivity index is 1.83. The molecule has 0 aromatic heterocycles. The molecule has 0 bridgehead atoms. The van der Waals surface area contributed by atoms with Crippen LogP contribution in [0.1, 0.15) is 51.4 Å². The van der Waals surface area contributed by atoms with Gasteiger partial charge in [-0.15, -0.1) is 0 Å². The summed E-state index contributed by atoms with van der Waals surface area (Å²) >= 11 is 0. The molecule has 2 aliphatic carbocycles. The van der Waals surface area contributed by atoms with Gasteiger partial charge in [0, 0.05) is 12.1 Å². The molecule has 0 spiro atoms. The van der Waals surface area contributed by atoms with E-state index in [0.717, 1.165) is 18.6 Å². The van der Waals surface area contributed by atoms with E-state index in [0.29, 0.717) is 12.1 Å². The highest BCUT2D eigenvalue weighted by molar-refractivity contribution is 5.90. The topological polar surface area (TPSA) is 44.6 Å². The molecular weight excluding hydrogens is 176 g/mol. The molecule has 2 saturated carbocycles. The van der Waals surface area contributed by atoms with Gasteiger partial charge >= 0.3 is 0 Å². The quantitative estimate of drug-likeness (QED) is 0.525. The highest BCUT2D eigenvalue weighted by Crippen LogP contribution is 2.22. The molecule has 2 fully saturated rings. The summed E-state index contributed by atoms with van der Waals surface area (Å²) in [7, 11) is 0. The first-order valence-corrected chi connectivity index (χ1v) is 5.87. The summed E-state index contributed by atoms with van der Waals surface area (Å²) in [5.74, 6) is 0. The minimum atomic E-state index is 0.364. The monoisotopic (exact) mass is 196 g/mol. The summed E-state index contributed by atoms with van der Waals surface area (Å²) in [6.45, 7) is 0. The highest BCUT2D eigenvalue weighted by Gasteiger charge is 2.26. The van der Waals surface area contributed by atoms with E-state index in [-0.39, 0.29) is 0 Å². The Morgan fingerprint density at radius 1 is 1.07 bits per heavy atom. The van der Waals surface area contributed by atoms with E-state index in [4.69, 9.17) is 5.21 Å². The predicted octanol–water partition coefficient (Wildman–Crippen LogP) is 2.29. The molecule has 1 atom stereocenters. The van der Waals surface area contributed by atoms with Crippen molar-refractivity contribution in [3.05, 3.63) is 0 Å². The molecule has 1 unspecified atom stereocenters. The second-order valence-corrected chi connectivity index (χ2v) is 4.54. The summed E-state index contributed by atoms with van der Waals surface area (Å²) in [5, 5.41) is 15.8. The second kappa shape index (κ2) is 4.78. The summed E-state index contributed by atoms with van der Waals surface area (Å²) in [6, 6.07) is 1.03. The number of hydrogen-bond acceptors (Lipinski definition) is 3. The Morgan fingerprint density at radius 2 is 1.86 bits per heavy atom. The van der Waals surface area contributed by atoms with Crippen molar-refractivity contribution in [2.45, 2.75) is 63.5 Å². The first kappa shape index (κ1) is 9.97. The fraction of sp³-hybridized carbons (Fsp3) is 0.909. The normalized spacial score (nSPS) is 32.6. The zero-order chi connectivity index (χ0) is 9.80. The maximum atomic E-state index is 8.81. The number of nitrogens with zero attached hydrogens (tertiary/aromatic N) is 1. The Kier molecular flexibility index (Phi) is 3.40. The zero-order valence-electron chi connectivity index (χ0n) is 8.71. The van der Waals surface area contributed by atoms with E-state index in [1.165, 1.54) is 38.5 Å². The van der Waals surface area contributed by atoms with Crippen LogP contribution in [0.4, 0.5) is 0 Å². The van der Waals surface area contributed by atoms with Gasteiger partial charge in [0.05, 0.1) is 5.71 Å². The van der Waals surface area contributed by atoms with Crippen LogP contribution >= 0.6 is 0 Å². The van der Waals surface area contributed by atoms with Crippen LogP contribution in [-0.2, 0) is 0 Å². The van der Waals surface area contributed by atoms with E-state index in [2.05, 4.69) is 10.5 Å². The van der Waals surface area contributed by atoms with Crippen LogP contribution in [-0.4, -0.2) is 23.0 Å². The van der Waals surface area contributed by atoms with Gasteiger partial charge in [-0.25, -0.2) is 0 Å². The van der Waals surface area contributed by atoms with Crippen LogP contribution in [0, 0.1) is 0 Å². The van der Waals surface area contributed by atoms with E-state index in [1.54, 1.807) is 0 Å². The van der Waals surface area contributed by atoms with Gasteiger partial charge in [-0.2, -0.15) is 0 Å². The van der Waals surface area contributed by atoms with Crippen molar-refractivity contribution in [1.29, 1.82) is 0 Å². The van der Waals surface area contributed by atoms with Gasteiger partial charge in [0.1, 0.15) is 0 Å². The molecule has 0 aromatic rings. The van der Waals surface area contributed by atoms with E-state index in [9.17, 15) is 0 Å². The molecule has 0 saturated heterocycles. The molecule has 2 aliphatic rings. The SMILES string of the molecule is O/N=C1\CCCC1NC1CCCCC1. The Labute approximate surface area is 85.6 Å². The maximum Gasteiger partial charge on any atom is 0.0739 e. The molecular formula is C11H20N2O. The van der Waals surface area contributed by atoms with Crippen LogP contribution in [0.15, 0.2) is 5.16 Å². The molecule has 0 amide bonds. The van der Waals surface area contributed by atoms with E-state index < -0.39 is 0 Å². The summed E-state index contributed by atoms with van der Waals surface area (Å²) in [5.41, 5.74) is 0.968. The average Bonchev–Trinajstić information content (AvgIpc) is 2.67. The first-order chi connectivity index (χ1) is 6.90. The van der Waals surface area contributed by atoms with Crippen molar-refractivity contribution in [3.63, 3.8) is 0 Å². The van der Waals surface area contributed by atoms with Crippen molar-refractivity contribution < 1.29 is 5.21 Å². The third-order valence-corrected chi connectivity index (χ3v) is 3.50. The Bertz CT molecular complexity index is 209. The molecule has 0 heterocycles. The number of oxime groups is 1. The van der Waals surface area contributed by atoms with Crippen LogP contribution in [0.3, 0.4) is 0 Å². The first-order valence-electron chi connectivity index (χ1n) is 5.87. The predicted molar refractivity (Wildman–Crippen MR) is 56.9 cm³/mol. The fourth-order valence-electron chi connectivity index (χ4n) is 2.68. The number of rotatable bonds is 2. The molecule has 80 valence electrons. The van der Waals surface area contributed by atoms with Crippen molar-refractivity contribution >= 4 is 5.71 Å². The Hall–Kier alpha value is -0.570. The molecule has 0 aromatic carbocycles. The van der Waals surface area contributed by atoms with Gasteiger partial charge in [-0.1, -0.05) is 24.4 Å². The van der Waals surface area contributed by atoms with Crippen LogP contribution < -0.4 is 5.32 Å². The van der Waals surface area contributed by atoms with Gasteiger partial charge in [-0.05, 0) is 32.1 Å². The van der Waals surface area contributed by atoms with Gasteiger partial charge < -0.3 is 10.5 Å². The Morgan fingerprint density at radius 3 is 2.57 bits per heavy atom. The van der Waals surface area contributed by atoms with Crippen molar-refractivity contribution in [1.82, 2.24) is 5.32 Å². The number of hydrogen-bond donors (Lipinski definition) is 2. The minimum Gasteiger partial charge on any atom is -0.411 e. The summed E-state index contributed by atoms with van der Waals surface area (Å²) in [4.78, 5) is 0. The lowest BCUT2D eigenvalue weighted by molar-refractivity contribution is 0.311. The third-order valence-electron chi connectivity index (χ3n) is 3.50. The molecule has 2 N–H and O–H groups in total. The van der Waals surface area contributed by atoms with Gasteiger partial charge in [0.15, 0.2) is 0 Å². The molecule has 0 aliphatic heterocycles. The van der Waals surface area contributed by atoms with Gasteiger partial charge in [-0.3, -0.25) is 0 Å². The lowest BCUT2D eigenvalue weighted by Gasteiger charge is -2.26. The lowest BCUT2D eigenvalue weighted by atomic mass is 9.94. The standard InChI is InChI=1S/C11H20N2O/c14-13-11-8-4-7-10(11)12-9-5-2-1-3-6-9/h9-10,12,14H,1-8H2/b13-11+. The lowest BCUT2D eigenvalue weighted by Crippen LogP contribution is -2.41. The van der Waals surface area contributed by atoms with Crippen LogP contribution in [0.2, 0.25) is 0 Å². The molecule has 3 nitrogen and oxygen atoms in total. The highest BCUT2D eigenvalue weighted by atomic mass is 16.4. The number of nitrogens with one attached hydrogen (secondary N) is 1. The van der Waals surface area contributed by atoms with Crippen LogP contribution in [0.5, 0.6) is 0 Å². The zero-order valence-corrected chi connectivity index (χ0v) is 8.71. The fourth-order valence-corrected chi connectivity index (χ4v) is 2.68. The smallest absolute Gasteiger partial charge is 0.0739 e.